The van der Waals surface area contributed by atoms with Crippen molar-refractivity contribution in [2.45, 2.75) is 34.2 Å². The summed E-state index contributed by atoms with van der Waals surface area (Å²) in [5, 5.41) is 20.5. The van der Waals surface area contributed by atoms with Gasteiger partial charge in [0.2, 0.25) is 5.88 Å². The lowest BCUT2D eigenvalue weighted by molar-refractivity contribution is -0.140. The fraction of sp³-hybridized carbons (Fsp3) is 0.556. The minimum absolute atomic E-state index is 0.0459. The van der Waals surface area contributed by atoms with E-state index in [1.807, 2.05) is 33.8 Å². The van der Waals surface area contributed by atoms with Crippen molar-refractivity contribution >= 4 is 5.97 Å². The third-order valence-electron chi connectivity index (χ3n) is 3.28. The molecule has 1 aromatic heterocycles. The number of hydrogen-bond acceptors (Lipinski definition) is 8. The van der Waals surface area contributed by atoms with E-state index in [0.717, 1.165) is 0 Å². The first-order valence-corrected chi connectivity index (χ1v) is 8.61. The Morgan fingerprint density at radius 1 is 1.23 bits per heavy atom. The Hall–Kier alpha value is -2.66. The number of carbonyl (C=O) groups excluding carboxylic acids is 1. The lowest BCUT2D eigenvalue weighted by atomic mass is 10.0. The molecule has 0 bridgehead atoms. The van der Waals surface area contributed by atoms with Crippen molar-refractivity contribution in [3.63, 3.8) is 0 Å². The number of allylic oxidation sites excluding steroid dienone is 1. The van der Waals surface area contributed by atoms with Gasteiger partial charge >= 0.3 is 5.97 Å². The van der Waals surface area contributed by atoms with Crippen LogP contribution in [-0.4, -0.2) is 42.6 Å². The standard InChI is InChI=1S/C18H26N4O4/c1-5-24-9-10-26-18(23)15(11-19)17(13(3)4)20-12-14-7-8-16(22-21-14)25-6-2/h7-8,13,20H,5-6,9-10,12H2,1-4H3/b17-15-. The summed E-state index contributed by atoms with van der Waals surface area (Å²) in [5.74, 6) is -0.285. The van der Waals surface area contributed by atoms with Crippen LogP contribution in [0.15, 0.2) is 23.4 Å². The smallest absolute Gasteiger partial charge is 0.350 e. The zero-order chi connectivity index (χ0) is 19.4. The van der Waals surface area contributed by atoms with Crippen LogP contribution in [0.2, 0.25) is 0 Å². The van der Waals surface area contributed by atoms with Crippen molar-refractivity contribution in [2.24, 2.45) is 5.92 Å². The molecule has 8 nitrogen and oxygen atoms in total. The number of rotatable bonds is 11. The molecule has 1 N–H and O–H groups in total. The Balaban J connectivity index is 2.78. The molecule has 0 unspecified atom stereocenters. The van der Waals surface area contributed by atoms with Crippen molar-refractivity contribution < 1.29 is 19.0 Å². The zero-order valence-electron chi connectivity index (χ0n) is 15.7. The summed E-state index contributed by atoms with van der Waals surface area (Å²) in [6.07, 6.45) is 0. The average molecular weight is 362 g/mol. The van der Waals surface area contributed by atoms with E-state index < -0.39 is 5.97 Å². The highest BCUT2D eigenvalue weighted by molar-refractivity contribution is 5.93. The molecule has 0 atom stereocenters. The molecule has 142 valence electrons. The molecule has 8 heteroatoms. The number of carbonyl (C=O) groups is 1. The van der Waals surface area contributed by atoms with Crippen molar-refractivity contribution in [3.8, 4) is 11.9 Å². The van der Waals surface area contributed by atoms with Crippen LogP contribution in [0.5, 0.6) is 5.88 Å². The van der Waals surface area contributed by atoms with Crippen LogP contribution >= 0.6 is 0 Å². The Bertz CT molecular complexity index is 636. The lowest BCUT2D eigenvalue weighted by Gasteiger charge is -2.16. The Morgan fingerprint density at radius 3 is 2.54 bits per heavy atom. The quantitative estimate of drug-likeness (QED) is 0.276. The van der Waals surface area contributed by atoms with Crippen LogP contribution in [0.25, 0.3) is 0 Å². The molecule has 0 saturated carbocycles. The summed E-state index contributed by atoms with van der Waals surface area (Å²) >= 11 is 0. The third-order valence-corrected chi connectivity index (χ3v) is 3.28. The number of esters is 1. The van der Waals surface area contributed by atoms with E-state index in [1.54, 1.807) is 12.1 Å². The molecule has 0 spiro atoms. The molecular formula is C18H26N4O4. The fourth-order valence-corrected chi connectivity index (χ4v) is 2.06. The molecular weight excluding hydrogens is 336 g/mol. The molecule has 0 aliphatic rings. The second-order valence-corrected chi connectivity index (χ2v) is 5.54. The van der Waals surface area contributed by atoms with Crippen molar-refractivity contribution in [1.82, 2.24) is 15.5 Å². The molecule has 0 aromatic carbocycles. The molecule has 26 heavy (non-hydrogen) atoms. The Kier molecular flexibility index (Phi) is 9.72. The minimum Gasteiger partial charge on any atom is -0.477 e. The van der Waals surface area contributed by atoms with Crippen LogP contribution in [0.4, 0.5) is 0 Å². The highest BCUT2D eigenvalue weighted by Gasteiger charge is 2.19. The second kappa shape index (κ2) is 11.8. The predicted octanol–water partition coefficient (Wildman–Crippen LogP) is 1.98. The monoisotopic (exact) mass is 362 g/mol. The first-order chi connectivity index (χ1) is 12.5. The maximum Gasteiger partial charge on any atom is 0.350 e. The number of nitrogens with one attached hydrogen (secondary N) is 1. The van der Waals surface area contributed by atoms with Gasteiger partial charge in [0.15, 0.2) is 5.57 Å². The van der Waals surface area contributed by atoms with E-state index in [4.69, 9.17) is 14.2 Å². The van der Waals surface area contributed by atoms with Gasteiger partial charge in [0, 0.05) is 18.4 Å². The highest BCUT2D eigenvalue weighted by Crippen LogP contribution is 2.14. The fourth-order valence-electron chi connectivity index (χ4n) is 2.06. The van der Waals surface area contributed by atoms with Crippen LogP contribution in [0, 0.1) is 17.2 Å². The molecule has 1 aromatic rings. The van der Waals surface area contributed by atoms with Crippen LogP contribution in [0.3, 0.4) is 0 Å². The topological polar surface area (TPSA) is 106 Å². The zero-order valence-corrected chi connectivity index (χ0v) is 15.7. The Morgan fingerprint density at radius 2 is 2.00 bits per heavy atom. The number of hydrogen-bond donors (Lipinski definition) is 1. The van der Waals surface area contributed by atoms with E-state index >= 15 is 0 Å². The average Bonchev–Trinajstić information content (AvgIpc) is 2.63. The van der Waals surface area contributed by atoms with E-state index in [1.165, 1.54) is 0 Å². The SMILES string of the molecule is CCOCCOC(=O)/C(C#N)=C(\NCc1ccc(OCC)nn1)C(C)C. The second-order valence-electron chi connectivity index (χ2n) is 5.54. The van der Waals surface area contributed by atoms with E-state index in [0.29, 0.717) is 43.6 Å². The van der Waals surface area contributed by atoms with E-state index in [2.05, 4.69) is 15.5 Å². The summed E-state index contributed by atoms with van der Waals surface area (Å²) < 4.78 is 15.5. The first-order valence-electron chi connectivity index (χ1n) is 8.61. The van der Waals surface area contributed by atoms with Crippen molar-refractivity contribution in [1.29, 1.82) is 5.26 Å². The maximum absolute atomic E-state index is 12.2. The maximum atomic E-state index is 12.2. The molecule has 0 saturated heterocycles. The molecule has 0 aliphatic carbocycles. The number of aromatic nitrogens is 2. The molecule has 0 aliphatic heterocycles. The summed E-state index contributed by atoms with van der Waals surface area (Å²) in [6.45, 7) is 9.28. The van der Waals surface area contributed by atoms with Crippen LogP contribution in [0.1, 0.15) is 33.4 Å². The Labute approximate surface area is 154 Å². The summed E-state index contributed by atoms with van der Waals surface area (Å²) in [7, 11) is 0. The van der Waals surface area contributed by atoms with Crippen LogP contribution < -0.4 is 10.1 Å². The van der Waals surface area contributed by atoms with Gasteiger partial charge in [0.1, 0.15) is 12.7 Å². The highest BCUT2D eigenvalue weighted by atomic mass is 16.6. The molecule has 0 radical (unpaired) electrons. The van der Waals surface area contributed by atoms with Gasteiger partial charge in [-0.15, -0.1) is 5.10 Å². The molecule has 0 amide bonds. The van der Waals surface area contributed by atoms with Gasteiger partial charge in [-0.2, -0.15) is 10.4 Å². The number of ether oxygens (including phenoxy) is 3. The van der Waals surface area contributed by atoms with Gasteiger partial charge in [-0.05, 0) is 25.8 Å². The first kappa shape index (κ1) is 21.4. The summed E-state index contributed by atoms with van der Waals surface area (Å²) in [4.78, 5) is 12.2. The number of nitriles is 1. The third kappa shape index (κ3) is 7.07. The normalized spacial score (nSPS) is 11.5. The summed E-state index contributed by atoms with van der Waals surface area (Å²) in [5.41, 5.74) is 1.12. The van der Waals surface area contributed by atoms with Gasteiger partial charge < -0.3 is 19.5 Å². The van der Waals surface area contributed by atoms with E-state index in [9.17, 15) is 10.1 Å². The van der Waals surface area contributed by atoms with Gasteiger partial charge in [-0.1, -0.05) is 13.8 Å². The largest absolute Gasteiger partial charge is 0.477 e. The minimum atomic E-state index is -0.666. The molecule has 0 fully saturated rings. The van der Waals surface area contributed by atoms with Gasteiger partial charge in [0.05, 0.1) is 25.5 Å². The lowest BCUT2D eigenvalue weighted by Crippen LogP contribution is -2.24. The van der Waals surface area contributed by atoms with Crippen molar-refractivity contribution in [3.05, 3.63) is 29.1 Å². The molecule has 1 heterocycles. The van der Waals surface area contributed by atoms with Crippen molar-refractivity contribution in [2.75, 3.05) is 26.4 Å². The van der Waals surface area contributed by atoms with Gasteiger partial charge in [-0.3, -0.25) is 0 Å². The predicted molar refractivity (Wildman–Crippen MR) is 95.0 cm³/mol. The number of nitrogens with zero attached hydrogens (tertiary/aromatic N) is 3. The van der Waals surface area contributed by atoms with Crippen LogP contribution in [-0.2, 0) is 20.8 Å². The van der Waals surface area contributed by atoms with Gasteiger partial charge in [0.25, 0.3) is 0 Å². The summed E-state index contributed by atoms with van der Waals surface area (Å²) in [6, 6.07) is 5.43. The van der Waals surface area contributed by atoms with Gasteiger partial charge in [-0.25, -0.2) is 4.79 Å². The molecule has 1 rings (SSSR count). The van der Waals surface area contributed by atoms with E-state index in [-0.39, 0.29) is 18.1 Å².